The first-order valence-electron chi connectivity index (χ1n) is 4.18. The minimum atomic E-state index is -4.51. The molecule has 2 aromatic rings. The van der Waals surface area contributed by atoms with E-state index in [0.717, 1.165) is 12.3 Å². The Kier molecular flexibility index (Phi) is 2.26. The Labute approximate surface area is 87.7 Å². The quantitative estimate of drug-likeness (QED) is 0.799. The average molecular weight is 229 g/mol. The number of nitrogens with zero attached hydrogens (tertiary/aromatic N) is 4. The van der Waals surface area contributed by atoms with Crippen LogP contribution in [0.5, 0.6) is 0 Å². The molecule has 0 saturated heterocycles. The van der Waals surface area contributed by atoms with Gasteiger partial charge < -0.3 is 5.73 Å². The highest BCUT2D eigenvalue weighted by Crippen LogP contribution is 2.29. The van der Waals surface area contributed by atoms with Crippen LogP contribution in [-0.4, -0.2) is 19.7 Å². The molecule has 5 nitrogen and oxygen atoms in total. The Morgan fingerprint density at radius 2 is 1.94 bits per heavy atom. The minimum Gasteiger partial charge on any atom is -0.384 e. The lowest BCUT2D eigenvalue weighted by atomic mass is 10.4. The van der Waals surface area contributed by atoms with Gasteiger partial charge in [0, 0.05) is 6.20 Å². The van der Waals surface area contributed by atoms with Crippen LogP contribution in [0, 0.1) is 0 Å². The van der Waals surface area contributed by atoms with E-state index < -0.39 is 11.9 Å². The molecular formula is C8H6F3N5. The van der Waals surface area contributed by atoms with Gasteiger partial charge in [0.25, 0.3) is 5.95 Å². The van der Waals surface area contributed by atoms with Gasteiger partial charge in [-0.15, -0.1) is 0 Å². The highest BCUT2D eigenvalue weighted by atomic mass is 19.4. The molecule has 2 heterocycles. The zero-order valence-electron chi connectivity index (χ0n) is 7.81. The second kappa shape index (κ2) is 3.47. The Bertz CT molecular complexity index is 504. The molecule has 0 amide bonds. The third kappa shape index (κ3) is 1.81. The molecule has 0 aliphatic rings. The fourth-order valence-electron chi connectivity index (χ4n) is 1.14. The maximum absolute atomic E-state index is 12.5. The topological polar surface area (TPSA) is 69.6 Å². The van der Waals surface area contributed by atoms with Crippen molar-refractivity contribution in [2.24, 2.45) is 0 Å². The van der Waals surface area contributed by atoms with Crippen molar-refractivity contribution in [1.29, 1.82) is 0 Å². The Morgan fingerprint density at radius 3 is 2.56 bits per heavy atom. The zero-order valence-corrected chi connectivity index (χ0v) is 7.81. The smallest absolute Gasteiger partial charge is 0.384 e. The molecule has 0 fully saturated rings. The van der Waals surface area contributed by atoms with Crippen LogP contribution in [0.1, 0.15) is 5.69 Å². The maximum Gasteiger partial charge on any atom is 0.433 e. The predicted molar refractivity (Wildman–Crippen MR) is 48.6 cm³/mol. The van der Waals surface area contributed by atoms with Gasteiger partial charge >= 0.3 is 6.18 Å². The molecule has 0 radical (unpaired) electrons. The van der Waals surface area contributed by atoms with E-state index in [0.29, 0.717) is 4.68 Å². The first-order valence-corrected chi connectivity index (χ1v) is 4.18. The van der Waals surface area contributed by atoms with Crippen LogP contribution in [0.4, 0.5) is 19.0 Å². The number of hydrogen-bond donors (Lipinski definition) is 1. The third-order valence-corrected chi connectivity index (χ3v) is 1.79. The van der Waals surface area contributed by atoms with Crippen LogP contribution in [0.2, 0.25) is 0 Å². The van der Waals surface area contributed by atoms with Crippen molar-refractivity contribution in [2.75, 3.05) is 5.73 Å². The summed E-state index contributed by atoms with van der Waals surface area (Å²) >= 11 is 0. The molecule has 0 aliphatic carbocycles. The molecular weight excluding hydrogens is 223 g/mol. The summed E-state index contributed by atoms with van der Waals surface area (Å²) in [5.74, 6) is -0.133. The number of rotatable bonds is 1. The van der Waals surface area contributed by atoms with E-state index in [9.17, 15) is 13.2 Å². The number of anilines is 1. The summed E-state index contributed by atoms with van der Waals surface area (Å²) in [5, 5.41) is 3.51. The number of nitrogen functional groups attached to an aromatic ring is 1. The van der Waals surface area contributed by atoms with Gasteiger partial charge in [0.05, 0.1) is 6.20 Å². The van der Waals surface area contributed by atoms with Crippen molar-refractivity contribution in [3.05, 3.63) is 30.2 Å². The lowest BCUT2D eigenvalue weighted by Crippen LogP contribution is -2.15. The molecule has 0 unspecified atom stereocenters. The highest BCUT2D eigenvalue weighted by Gasteiger charge is 2.35. The average Bonchev–Trinajstić information content (AvgIpc) is 2.65. The monoisotopic (exact) mass is 229 g/mol. The zero-order chi connectivity index (χ0) is 11.8. The van der Waals surface area contributed by atoms with Crippen molar-refractivity contribution in [3.8, 4) is 5.95 Å². The molecule has 0 atom stereocenters. The van der Waals surface area contributed by atoms with E-state index in [1.807, 2.05) is 0 Å². The van der Waals surface area contributed by atoms with Gasteiger partial charge in [0.1, 0.15) is 5.82 Å². The van der Waals surface area contributed by atoms with Crippen molar-refractivity contribution in [3.63, 3.8) is 0 Å². The Hall–Kier alpha value is -2.12. The van der Waals surface area contributed by atoms with E-state index in [1.165, 1.54) is 12.3 Å². The van der Waals surface area contributed by atoms with Crippen LogP contribution in [0.3, 0.4) is 0 Å². The first kappa shape index (κ1) is 10.4. The first-order chi connectivity index (χ1) is 7.48. The second-order valence-corrected chi connectivity index (χ2v) is 2.91. The summed E-state index contributed by atoms with van der Waals surface area (Å²) in [6.07, 6.45) is -2.22. The van der Waals surface area contributed by atoms with Gasteiger partial charge in [-0.2, -0.15) is 27.9 Å². The largest absolute Gasteiger partial charge is 0.433 e. The van der Waals surface area contributed by atoms with Crippen LogP contribution in [0.15, 0.2) is 24.5 Å². The van der Waals surface area contributed by atoms with Crippen LogP contribution in [-0.2, 0) is 6.18 Å². The fourth-order valence-corrected chi connectivity index (χ4v) is 1.14. The van der Waals surface area contributed by atoms with Crippen LogP contribution < -0.4 is 5.73 Å². The molecule has 0 saturated carbocycles. The van der Waals surface area contributed by atoms with Gasteiger partial charge in [-0.25, -0.2) is 4.98 Å². The van der Waals surface area contributed by atoms with Crippen molar-refractivity contribution in [2.45, 2.75) is 6.18 Å². The normalized spacial score (nSPS) is 11.7. The maximum atomic E-state index is 12.5. The molecule has 0 bridgehead atoms. The lowest BCUT2D eigenvalue weighted by molar-refractivity contribution is -0.142. The second-order valence-electron chi connectivity index (χ2n) is 2.91. The SMILES string of the molecule is Nc1ccnc(-n2nccc2C(F)(F)F)n1. The molecule has 16 heavy (non-hydrogen) atoms. The van der Waals surface area contributed by atoms with E-state index >= 15 is 0 Å². The van der Waals surface area contributed by atoms with E-state index in [4.69, 9.17) is 5.73 Å². The summed E-state index contributed by atoms with van der Waals surface area (Å²) < 4.78 is 38.2. The molecule has 2 aromatic heterocycles. The summed E-state index contributed by atoms with van der Waals surface area (Å²) in [6, 6.07) is 2.22. The summed E-state index contributed by atoms with van der Waals surface area (Å²) in [5.41, 5.74) is 4.40. The molecule has 2 N–H and O–H groups in total. The lowest BCUT2D eigenvalue weighted by Gasteiger charge is -2.08. The number of alkyl halides is 3. The molecule has 0 aliphatic heterocycles. The van der Waals surface area contributed by atoms with Crippen molar-refractivity contribution in [1.82, 2.24) is 19.7 Å². The van der Waals surface area contributed by atoms with E-state index in [-0.39, 0.29) is 11.8 Å². The van der Waals surface area contributed by atoms with Gasteiger partial charge in [0.2, 0.25) is 0 Å². The molecule has 84 valence electrons. The van der Waals surface area contributed by atoms with Gasteiger partial charge in [-0.3, -0.25) is 0 Å². The van der Waals surface area contributed by atoms with Crippen molar-refractivity contribution >= 4 is 5.82 Å². The number of halogens is 3. The number of nitrogens with two attached hydrogens (primary N) is 1. The molecule has 2 rings (SSSR count). The number of aromatic nitrogens is 4. The highest BCUT2D eigenvalue weighted by molar-refractivity contribution is 5.30. The van der Waals surface area contributed by atoms with Crippen molar-refractivity contribution < 1.29 is 13.2 Å². The van der Waals surface area contributed by atoms with Crippen LogP contribution >= 0.6 is 0 Å². The summed E-state index contributed by atoms with van der Waals surface area (Å²) in [7, 11) is 0. The Morgan fingerprint density at radius 1 is 1.19 bits per heavy atom. The summed E-state index contributed by atoms with van der Waals surface area (Å²) in [6.45, 7) is 0. The minimum absolute atomic E-state index is 0.0774. The Balaban J connectivity index is 2.53. The van der Waals surface area contributed by atoms with E-state index in [1.54, 1.807) is 0 Å². The van der Waals surface area contributed by atoms with Gasteiger partial charge in [0.15, 0.2) is 5.69 Å². The van der Waals surface area contributed by atoms with E-state index in [2.05, 4.69) is 15.1 Å². The predicted octanol–water partition coefficient (Wildman–Crippen LogP) is 1.26. The number of hydrogen-bond acceptors (Lipinski definition) is 4. The van der Waals surface area contributed by atoms with Gasteiger partial charge in [-0.05, 0) is 12.1 Å². The van der Waals surface area contributed by atoms with Gasteiger partial charge in [-0.1, -0.05) is 0 Å². The molecule has 0 spiro atoms. The summed E-state index contributed by atoms with van der Waals surface area (Å²) in [4.78, 5) is 7.32. The molecule has 0 aromatic carbocycles. The van der Waals surface area contributed by atoms with Crippen LogP contribution in [0.25, 0.3) is 5.95 Å². The molecule has 8 heteroatoms. The third-order valence-electron chi connectivity index (χ3n) is 1.79. The fraction of sp³-hybridized carbons (Fsp3) is 0.125. The standard InChI is InChI=1S/C8H6F3N5/c9-8(10,11)5-1-4-14-16(5)7-13-3-2-6(12)15-7/h1-4H,(H2,12,13,15).